The lowest BCUT2D eigenvalue weighted by Gasteiger charge is -2.42. The van der Waals surface area contributed by atoms with Crippen molar-refractivity contribution in [1.82, 2.24) is 9.47 Å². The van der Waals surface area contributed by atoms with E-state index in [1.165, 1.54) is 13.2 Å². The Hall–Kier alpha value is -3.30. The number of piperidine rings is 1. The van der Waals surface area contributed by atoms with Gasteiger partial charge in [0.1, 0.15) is 5.76 Å². The Balaban J connectivity index is 1.44. The maximum Gasteiger partial charge on any atom is 0.306 e. The highest BCUT2D eigenvalue weighted by atomic mass is 32.2. The second kappa shape index (κ2) is 10.6. The lowest BCUT2D eigenvalue weighted by atomic mass is 9.83. The highest BCUT2D eigenvalue weighted by Crippen LogP contribution is 2.37. The lowest BCUT2D eigenvalue weighted by Crippen LogP contribution is -2.46. The van der Waals surface area contributed by atoms with Crippen LogP contribution in [0.5, 0.6) is 5.75 Å². The van der Waals surface area contributed by atoms with Crippen molar-refractivity contribution in [2.75, 3.05) is 26.5 Å². The predicted octanol–water partition coefficient (Wildman–Crippen LogP) is 3.54. The van der Waals surface area contributed by atoms with E-state index >= 15 is 0 Å². The fourth-order valence-corrected chi connectivity index (χ4v) is 6.07. The van der Waals surface area contributed by atoms with Crippen molar-refractivity contribution in [2.24, 2.45) is 5.92 Å². The normalized spacial score (nSPS) is 19.7. The summed E-state index contributed by atoms with van der Waals surface area (Å²) in [5, 5.41) is 10.7. The first-order valence-corrected chi connectivity index (χ1v) is 13.6. The molecular formula is C28H30N2O6S. The minimum Gasteiger partial charge on any atom is -0.502 e. The molecule has 2 bridgehead atoms. The van der Waals surface area contributed by atoms with Crippen LogP contribution in [-0.4, -0.2) is 47.0 Å². The van der Waals surface area contributed by atoms with Gasteiger partial charge < -0.3 is 18.8 Å². The summed E-state index contributed by atoms with van der Waals surface area (Å²) in [6.45, 7) is 2.59. The number of hydrogen-bond donors (Lipinski definition) is 1. The standard InChI is InChI=1S/C28H30N2O6S/c1-35-26(33)12-22(18-6-8-21(37-2)9-7-18)28-27(34)24(31)11-20(36-28)16-29-13-17-10-19(15-29)23-4-3-5-25(32)30(23)14-17/h3-9,11,17,19,22,34H,10,12-16H2,1-2H3. The quantitative estimate of drug-likeness (QED) is 0.371. The van der Waals surface area contributed by atoms with Gasteiger partial charge in [0.2, 0.25) is 11.2 Å². The minimum absolute atomic E-state index is 0.0389. The van der Waals surface area contributed by atoms with Gasteiger partial charge in [-0.05, 0) is 42.4 Å². The first kappa shape index (κ1) is 25.4. The number of thioether (sulfide) groups is 1. The number of carbonyl (C=O) groups is 1. The van der Waals surface area contributed by atoms with E-state index in [0.29, 0.717) is 24.8 Å². The number of esters is 1. The van der Waals surface area contributed by atoms with E-state index < -0.39 is 23.1 Å². The van der Waals surface area contributed by atoms with Crippen LogP contribution in [-0.2, 0) is 22.6 Å². The Morgan fingerprint density at radius 2 is 1.95 bits per heavy atom. The molecule has 37 heavy (non-hydrogen) atoms. The molecule has 0 spiro atoms. The number of ether oxygens (including phenoxy) is 1. The van der Waals surface area contributed by atoms with E-state index in [-0.39, 0.29) is 23.7 Å². The van der Waals surface area contributed by atoms with Gasteiger partial charge in [-0.15, -0.1) is 11.8 Å². The van der Waals surface area contributed by atoms with Gasteiger partial charge >= 0.3 is 5.97 Å². The van der Waals surface area contributed by atoms with Gasteiger partial charge in [-0.2, -0.15) is 0 Å². The highest BCUT2D eigenvalue weighted by Gasteiger charge is 2.35. The SMILES string of the molecule is COC(=O)CC(c1ccc(SC)cc1)c1oc(CN2CC3CC(C2)c2cccc(=O)n2C3)cc(=O)c1O. The second-order valence-corrected chi connectivity index (χ2v) is 10.7. The summed E-state index contributed by atoms with van der Waals surface area (Å²) in [5.41, 5.74) is 1.29. The summed E-state index contributed by atoms with van der Waals surface area (Å²) in [6.07, 6.45) is 2.92. The zero-order valence-electron chi connectivity index (χ0n) is 20.9. The van der Waals surface area contributed by atoms with Crippen LogP contribution in [0.15, 0.2) is 67.4 Å². The number of methoxy groups -OCH3 is 1. The summed E-state index contributed by atoms with van der Waals surface area (Å²) in [5.74, 6) is -0.573. The number of aromatic hydroxyl groups is 1. The topological polar surface area (TPSA) is 102 Å². The third kappa shape index (κ3) is 5.24. The Morgan fingerprint density at radius 3 is 2.68 bits per heavy atom. The average Bonchev–Trinajstić information content (AvgIpc) is 2.90. The molecule has 0 aliphatic carbocycles. The molecule has 0 amide bonds. The van der Waals surface area contributed by atoms with Gasteiger partial charge in [0, 0.05) is 48.3 Å². The maximum absolute atomic E-state index is 12.8. The fraction of sp³-hybridized carbons (Fsp3) is 0.393. The van der Waals surface area contributed by atoms with Gasteiger partial charge in [-0.3, -0.25) is 19.3 Å². The molecule has 8 nitrogen and oxygen atoms in total. The van der Waals surface area contributed by atoms with E-state index in [0.717, 1.165) is 35.7 Å². The molecule has 0 radical (unpaired) electrons. The number of benzene rings is 1. The Morgan fingerprint density at radius 1 is 1.16 bits per heavy atom. The second-order valence-electron chi connectivity index (χ2n) is 9.79. The summed E-state index contributed by atoms with van der Waals surface area (Å²) in [7, 11) is 1.31. The first-order valence-electron chi connectivity index (χ1n) is 12.3. The number of hydrogen-bond acceptors (Lipinski definition) is 8. The van der Waals surface area contributed by atoms with Crippen molar-refractivity contribution in [1.29, 1.82) is 0 Å². The maximum atomic E-state index is 12.8. The van der Waals surface area contributed by atoms with Crippen LogP contribution in [0.4, 0.5) is 0 Å². The number of fused-ring (bicyclic) bond motifs is 4. The van der Waals surface area contributed by atoms with E-state index in [1.807, 2.05) is 47.2 Å². The van der Waals surface area contributed by atoms with Crippen molar-refractivity contribution in [3.8, 4) is 5.75 Å². The minimum atomic E-state index is -0.671. The first-order chi connectivity index (χ1) is 17.9. The summed E-state index contributed by atoms with van der Waals surface area (Å²) in [6, 6.07) is 14.4. The van der Waals surface area contributed by atoms with Crippen molar-refractivity contribution in [2.45, 2.75) is 42.7 Å². The summed E-state index contributed by atoms with van der Waals surface area (Å²) >= 11 is 1.60. The zero-order valence-corrected chi connectivity index (χ0v) is 21.7. The molecule has 2 aliphatic rings. The smallest absolute Gasteiger partial charge is 0.306 e. The van der Waals surface area contributed by atoms with Crippen molar-refractivity contribution >= 4 is 17.7 Å². The number of nitrogens with zero attached hydrogens (tertiary/aromatic N) is 2. The summed E-state index contributed by atoms with van der Waals surface area (Å²) in [4.78, 5) is 40.7. The molecule has 2 aromatic heterocycles. The monoisotopic (exact) mass is 522 g/mol. The molecule has 9 heteroatoms. The lowest BCUT2D eigenvalue weighted by molar-refractivity contribution is -0.140. The summed E-state index contributed by atoms with van der Waals surface area (Å²) < 4.78 is 12.9. The molecule has 1 saturated heterocycles. The number of aromatic nitrogens is 1. The zero-order chi connectivity index (χ0) is 26.1. The van der Waals surface area contributed by atoms with Gasteiger partial charge in [-0.1, -0.05) is 18.2 Å². The largest absolute Gasteiger partial charge is 0.502 e. The van der Waals surface area contributed by atoms with Crippen molar-refractivity contribution in [3.05, 3.63) is 91.9 Å². The number of carbonyl (C=O) groups excluding carboxylic acids is 1. The Kier molecular flexibility index (Phi) is 7.26. The number of pyridine rings is 1. The molecule has 1 aromatic carbocycles. The molecule has 1 fully saturated rings. The molecule has 4 heterocycles. The van der Waals surface area contributed by atoms with Crippen molar-refractivity contribution in [3.63, 3.8) is 0 Å². The van der Waals surface area contributed by atoms with E-state index in [9.17, 15) is 19.5 Å². The Labute approximate surface area is 218 Å². The number of likely N-dealkylation sites (tertiary alicyclic amines) is 1. The molecule has 5 rings (SSSR count). The third-order valence-electron chi connectivity index (χ3n) is 7.37. The van der Waals surface area contributed by atoms with Crippen LogP contribution in [0, 0.1) is 5.92 Å². The van der Waals surface area contributed by atoms with Crippen LogP contribution >= 0.6 is 11.8 Å². The molecule has 3 aromatic rings. The van der Waals surface area contributed by atoms with Crippen LogP contribution in [0.25, 0.3) is 0 Å². The van der Waals surface area contributed by atoms with E-state index in [2.05, 4.69) is 4.90 Å². The predicted molar refractivity (Wildman–Crippen MR) is 140 cm³/mol. The van der Waals surface area contributed by atoms with Gasteiger partial charge in [0.05, 0.1) is 26.0 Å². The average molecular weight is 523 g/mol. The Bertz CT molecular complexity index is 1410. The fourth-order valence-electron chi connectivity index (χ4n) is 5.66. The third-order valence-corrected chi connectivity index (χ3v) is 8.11. The van der Waals surface area contributed by atoms with Gasteiger partial charge in [-0.25, -0.2) is 0 Å². The molecule has 2 aliphatic heterocycles. The molecular weight excluding hydrogens is 492 g/mol. The van der Waals surface area contributed by atoms with E-state index in [4.69, 9.17) is 9.15 Å². The molecule has 1 N–H and O–H groups in total. The molecule has 3 atom stereocenters. The van der Waals surface area contributed by atoms with Crippen LogP contribution in [0.1, 0.15) is 47.5 Å². The molecule has 3 unspecified atom stereocenters. The molecule has 0 saturated carbocycles. The molecule has 194 valence electrons. The van der Waals surface area contributed by atoms with E-state index in [1.54, 1.807) is 17.8 Å². The van der Waals surface area contributed by atoms with Crippen molar-refractivity contribution < 1.29 is 19.1 Å². The van der Waals surface area contributed by atoms with Crippen LogP contribution in [0.2, 0.25) is 0 Å². The van der Waals surface area contributed by atoms with Crippen LogP contribution in [0.3, 0.4) is 0 Å². The highest BCUT2D eigenvalue weighted by molar-refractivity contribution is 7.98. The van der Waals surface area contributed by atoms with Gasteiger partial charge in [0.15, 0.2) is 5.76 Å². The van der Waals surface area contributed by atoms with Gasteiger partial charge in [0.25, 0.3) is 5.56 Å². The van der Waals surface area contributed by atoms with Crippen LogP contribution < -0.4 is 11.0 Å². The number of rotatable bonds is 7.